The SMILES string of the molecule is CC(C)=C1C[C@@]2(C)[C@H]3C[C@@H]1C(C)(C)[C@@]2(O)CC[C@@H]3C. The molecule has 19 heavy (non-hydrogen) atoms. The van der Waals surface area contributed by atoms with Crippen molar-refractivity contribution in [3.05, 3.63) is 11.1 Å². The maximum absolute atomic E-state index is 11.6. The van der Waals surface area contributed by atoms with Crippen LogP contribution in [0.2, 0.25) is 0 Å². The largest absolute Gasteiger partial charge is 0.389 e. The van der Waals surface area contributed by atoms with Crippen LogP contribution in [0.3, 0.4) is 0 Å². The Hall–Kier alpha value is -0.300. The van der Waals surface area contributed by atoms with Gasteiger partial charge in [0.15, 0.2) is 0 Å². The number of hydrogen-bond donors (Lipinski definition) is 1. The summed E-state index contributed by atoms with van der Waals surface area (Å²) in [5.74, 6) is 2.09. The first-order valence-electron chi connectivity index (χ1n) is 8.04. The number of fused-ring (bicyclic) bond motifs is 1. The van der Waals surface area contributed by atoms with E-state index < -0.39 is 5.60 Å². The van der Waals surface area contributed by atoms with Crippen molar-refractivity contribution in [3.8, 4) is 0 Å². The van der Waals surface area contributed by atoms with E-state index in [9.17, 15) is 5.11 Å². The minimum atomic E-state index is -0.459. The fourth-order valence-electron chi connectivity index (χ4n) is 6.14. The summed E-state index contributed by atoms with van der Waals surface area (Å²) >= 11 is 0. The van der Waals surface area contributed by atoms with E-state index in [2.05, 4.69) is 41.5 Å². The number of hydrogen-bond acceptors (Lipinski definition) is 1. The van der Waals surface area contributed by atoms with Crippen molar-refractivity contribution >= 4 is 0 Å². The number of allylic oxidation sites excluding steroid dienone is 2. The predicted molar refractivity (Wildman–Crippen MR) is 79.8 cm³/mol. The highest BCUT2D eigenvalue weighted by atomic mass is 16.3. The van der Waals surface area contributed by atoms with Gasteiger partial charge in [0.05, 0.1) is 5.60 Å². The van der Waals surface area contributed by atoms with Gasteiger partial charge in [-0.25, -0.2) is 0 Å². The van der Waals surface area contributed by atoms with Gasteiger partial charge in [0, 0.05) is 10.8 Å². The predicted octanol–water partition coefficient (Wildman–Crippen LogP) is 4.56. The van der Waals surface area contributed by atoms with Gasteiger partial charge in [-0.05, 0) is 57.3 Å². The Balaban J connectivity index is 2.19. The lowest BCUT2D eigenvalue weighted by Crippen LogP contribution is -2.72. The zero-order valence-electron chi connectivity index (χ0n) is 13.5. The maximum atomic E-state index is 11.6. The first-order chi connectivity index (χ1) is 8.65. The van der Waals surface area contributed by atoms with E-state index in [4.69, 9.17) is 0 Å². The van der Waals surface area contributed by atoms with Crippen molar-refractivity contribution < 1.29 is 5.11 Å². The minimum absolute atomic E-state index is 0.0310. The van der Waals surface area contributed by atoms with Crippen LogP contribution >= 0.6 is 0 Å². The highest BCUT2D eigenvalue weighted by Gasteiger charge is 2.71. The van der Waals surface area contributed by atoms with Crippen LogP contribution in [-0.4, -0.2) is 10.7 Å². The van der Waals surface area contributed by atoms with Gasteiger partial charge >= 0.3 is 0 Å². The second kappa shape index (κ2) is 3.67. The van der Waals surface area contributed by atoms with Crippen molar-refractivity contribution in [2.45, 2.75) is 72.8 Å². The Kier molecular flexibility index (Phi) is 2.64. The molecule has 0 aromatic heterocycles. The van der Waals surface area contributed by atoms with Crippen LogP contribution in [0.1, 0.15) is 67.2 Å². The number of aliphatic hydroxyl groups is 1. The molecule has 1 heteroatoms. The molecule has 0 aromatic carbocycles. The molecule has 5 atom stereocenters. The third-order valence-corrected chi connectivity index (χ3v) is 7.46. The average Bonchev–Trinajstić information content (AvgIpc) is 2.31. The molecule has 0 saturated heterocycles. The molecule has 4 saturated carbocycles. The van der Waals surface area contributed by atoms with E-state index in [1.165, 1.54) is 18.4 Å². The summed E-state index contributed by atoms with van der Waals surface area (Å²) in [5.41, 5.74) is 2.82. The smallest absolute Gasteiger partial charge is 0.0763 e. The summed E-state index contributed by atoms with van der Waals surface area (Å²) in [6, 6.07) is 0. The van der Waals surface area contributed by atoms with Gasteiger partial charge in [-0.3, -0.25) is 0 Å². The zero-order chi connectivity index (χ0) is 14.2. The molecular weight excluding hydrogens is 232 g/mol. The Bertz CT molecular complexity index is 443. The zero-order valence-corrected chi connectivity index (χ0v) is 13.5. The first kappa shape index (κ1) is 13.7. The molecule has 4 rings (SSSR count). The van der Waals surface area contributed by atoms with Crippen molar-refractivity contribution in [2.24, 2.45) is 28.6 Å². The molecule has 0 radical (unpaired) electrons. The van der Waals surface area contributed by atoms with Crippen molar-refractivity contribution in [1.82, 2.24) is 0 Å². The van der Waals surface area contributed by atoms with E-state index in [0.717, 1.165) is 18.8 Å². The van der Waals surface area contributed by atoms with Crippen molar-refractivity contribution in [3.63, 3.8) is 0 Å². The molecule has 0 spiro atoms. The average molecular weight is 262 g/mol. The molecule has 0 aromatic rings. The van der Waals surface area contributed by atoms with E-state index in [0.29, 0.717) is 11.8 Å². The molecule has 0 amide bonds. The van der Waals surface area contributed by atoms with Gasteiger partial charge in [-0.1, -0.05) is 38.8 Å². The number of rotatable bonds is 0. The Labute approximate surface area is 118 Å². The van der Waals surface area contributed by atoms with Crippen molar-refractivity contribution in [2.75, 3.05) is 0 Å². The van der Waals surface area contributed by atoms with Crippen LogP contribution in [0.4, 0.5) is 0 Å². The Morgan fingerprint density at radius 1 is 1.21 bits per heavy atom. The summed E-state index contributed by atoms with van der Waals surface area (Å²) in [4.78, 5) is 0. The monoisotopic (exact) mass is 262 g/mol. The Morgan fingerprint density at radius 3 is 2.42 bits per heavy atom. The summed E-state index contributed by atoms with van der Waals surface area (Å²) < 4.78 is 0. The lowest BCUT2D eigenvalue weighted by molar-refractivity contribution is -0.275. The molecular formula is C18H30O. The summed E-state index contributed by atoms with van der Waals surface area (Å²) in [6.45, 7) is 14.0. The maximum Gasteiger partial charge on any atom is 0.0763 e. The van der Waals surface area contributed by atoms with E-state index in [1.54, 1.807) is 5.57 Å². The van der Waals surface area contributed by atoms with E-state index in [1.807, 2.05) is 0 Å². The fourth-order valence-corrected chi connectivity index (χ4v) is 6.14. The molecule has 4 aliphatic rings. The lowest BCUT2D eigenvalue weighted by Gasteiger charge is -2.72. The van der Waals surface area contributed by atoms with Crippen molar-refractivity contribution in [1.29, 1.82) is 0 Å². The second-order valence-electron chi connectivity index (χ2n) is 8.61. The lowest BCUT2D eigenvalue weighted by atomic mass is 9.34. The van der Waals surface area contributed by atoms with Gasteiger partial charge in [-0.2, -0.15) is 0 Å². The molecule has 0 heterocycles. The third-order valence-electron chi connectivity index (χ3n) is 7.46. The molecule has 0 unspecified atom stereocenters. The molecule has 0 aliphatic heterocycles. The summed E-state index contributed by atoms with van der Waals surface area (Å²) in [6.07, 6.45) is 4.64. The van der Waals surface area contributed by atoms with E-state index >= 15 is 0 Å². The molecule has 108 valence electrons. The van der Waals surface area contributed by atoms with Crippen LogP contribution in [0, 0.1) is 28.6 Å². The second-order valence-corrected chi connectivity index (χ2v) is 8.61. The van der Waals surface area contributed by atoms with Crippen LogP contribution in [0.5, 0.6) is 0 Å². The van der Waals surface area contributed by atoms with Crippen LogP contribution < -0.4 is 0 Å². The van der Waals surface area contributed by atoms with Crippen LogP contribution in [0.15, 0.2) is 11.1 Å². The molecule has 1 nitrogen and oxygen atoms in total. The normalized spacial score (nSPS) is 51.3. The summed E-state index contributed by atoms with van der Waals surface area (Å²) in [7, 11) is 0. The molecule has 4 bridgehead atoms. The first-order valence-corrected chi connectivity index (χ1v) is 8.04. The van der Waals surface area contributed by atoms with Crippen LogP contribution in [0.25, 0.3) is 0 Å². The Morgan fingerprint density at radius 2 is 1.84 bits per heavy atom. The standard InChI is InChI=1S/C18H30O/c1-11(2)13-10-17(6)14-9-15(13)16(4,5)18(17,19)8-7-12(14)3/h12,14-15,19H,7-10H2,1-6H3/t12-,14-,15-,17-,18-/m0/s1. The molecule has 4 fully saturated rings. The highest BCUT2D eigenvalue weighted by molar-refractivity contribution is 5.33. The van der Waals surface area contributed by atoms with Gasteiger partial charge in [0.2, 0.25) is 0 Å². The quantitative estimate of drug-likeness (QED) is 0.635. The third kappa shape index (κ3) is 1.36. The highest BCUT2D eigenvalue weighted by Crippen LogP contribution is 2.73. The van der Waals surface area contributed by atoms with E-state index in [-0.39, 0.29) is 10.8 Å². The topological polar surface area (TPSA) is 20.2 Å². The van der Waals surface area contributed by atoms with Gasteiger partial charge < -0.3 is 5.11 Å². The molecule has 4 aliphatic carbocycles. The minimum Gasteiger partial charge on any atom is -0.389 e. The van der Waals surface area contributed by atoms with Gasteiger partial charge in [-0.15, -0.1) is 0 Å². The van der Waals surface area contributed by atoms with Gasteiger partial charge in [0.25, 0.3) is 0 Å². The van der Waals surface area contributed by atoms with Crippen LogP contribution in [-0.2, 0) is 0 Å². The van der Waals surface area contributed by atoms with Gasteiger partial charge in [0.1, 0.15) is 0 Å². The fraction of sp³-hybridized carbons (Fsp3) is 0.889. The molecule has 1 N–H and O–H groups in total. The summed E-state index contributed by atoms with van der Waals surface area (Å²) in [5, 5.41) is 11.6.